The number of carbonyl (C=O) groups is 2. The molecule has 0 radical (unpaired) electrons. The molecule has 3 rings (SSSR count). The molecule has 3 N–H and O–H groups in total. The van der Waals surface area contributed by atoms with Crippen LogP contribution in [0, 0.1) is 0 Å². The molecule has 0 bridgehead atoms. The molecule has 2 aromatic rings. The Bertz CT molecular complexity index is 901. The molecule has 1 aliphatic heterocycles. The Morgan fingerprint density at radius 3 is 2.48 bits per heavy atom. The number of hydrogen-bond donors (Lipinski definition) is 3. The van der Waals surface area contributed by atoms with Crippen LogP contribution in [0.5, 0.6) is 11.5 Å². The molecule has 0 aromatic heterocycles. The highest BCUT2D eigenvalue weighted by Gasteiger charge is 2.36. The minimum absolute atomic E-state index is 0.106. The van der Waals surface area contributed by atoms with E-state index >= 15 is 0 Å². The van der Waals surface area contributed by atoms with Crippen molar-refractivity contribution >= 4 is 17.5 Å². The summed E-state index contributed by atoms with van der Waals surface area (Å²) in [5.41, 5.74) is -0.775. The van der Waals surface area contributed by atoms with Crippen LogP contribution in [0.3, 0.4) is 0 Å². The van der Waals surface area contributed by atoms with Gasteiger partial charge in [-0.1, -0.05) is 18.2 Å². The van der Waals surface area contributed by atoms with Crippen molar-refractivity contribution in [2.45, 2.75) is 18.4 Å². The predicted molar refractivity (Wildman–Crippen MR) is 95.2 cm³/mol. The van der Waals surface area contributed by atoms with E-state index in [-0.39, 0.29) is 25.3 Å². The Labute approximate surface area is 163 Å². The predicted octanol–water partition coefficient (Wildman–Crippen LogP) is 2.31. The van der Waals surface area contributed by atoms with E-state index < -0.39 is 29.5 Å². The SMILES string of the molecule is O=C(NC[C@@]1(O)CCOc2ccccc21)C(=O)Nc1ccc(OC(F)(F)F)cc1. The summed E-state index contributed by atoms with van der Waals surface area (Å²) in [5.74, 6) is -1.99. The van der Waals surface area contributed by atoms with E-state index in [0.29, 0.717) is 11.3 Å². The van der Waals surface area contributed by atoms with Crippen molar-refractivity contribution in [1.29, 1.82) is 0 Å². The number of para-hydroxylation sites is 1. The maximum atomic E-state index is 12.1. The Morgan fingerprint density at radius 1 is 1.10 bits per heavy atom. The van der Waals surface area contributed by atoms with Crippen molar-refractivity contribution in [2.24, 2.45) is 0 Å². The van der Waals surface area contributed by atoms with E-state index in [0.717, 1.165) is 24.3 Å². The number of halogens is 3. The Morgan fingerprint density at radius 2 is 1.79 bits per heavy atom. The highest BCUT2D eigenvalue weighted by atomic mass is 19.4. The minimum Gasteiger partial charge on any atom is -0.493 e. The molecule has 0 unspecified atom stereocenters. The molecule has 2 aromatic carbocycles. The molecular formula is C19H17F3N2O5. The van der Waals surface area contributed by atoms with Crippen LogP contribution in [0.1, 0.15) is 12.0 Å². The van der Waals surface area contributed by atoms with E-state index in [1.54, 1.807) is 24.3 Å². The maximum absolute atomic E-state index is 12.1. The Hall–Kier alpha value is -3.27. The van der Waals surface area contributed by atoms with E-state index in [1.165, 1.54) is 0 Å². The first-order valence-corrected chi connectivity index (χ1v) is 8.56. The summed E-state index contributed by atoms with van der Waals surface area (Å²) >= 11 is 0. The minimum atomic E-state index is -4.83. The van der Waals surface area contributed by atoms with Gasteiger partial charge in [-0.05, 0) is 30.3 Å². The van der Waals surface area contributed by atoms with Gasteiger partial charge in [0.15, 0.2) is 0 Å². The molecule has 0 aliphatic carbocycles. The van der Waals surface area contributed by atoms with Crippen LogP contribution in [0.4, 0.5) is 18.9 Å². The van der Waals surface area contributed by atoms with Crippen molar-refractivity contribution in [3.8, 4) is 11.5 Å². The fourth-order valence-electron chi connectivity index (χ4n) is 2.86. The lowest BCUT2D eigenvalue weighted by molar-refractivity contribution is -0.274. The highest BCUT2D eigenvalue weighted by Crippen LogP contribution is 2.36. The summed E-state index contributed by atoms with van der Waals surface area (Å²) in [6.45, 7) is 0.0416. The van der Waals surface area contributed by atoms with Gasteiger partial charge >= 0.3 is 18.2 Å². The van der Waals surface area contributed by atoms with Gasteiger partial charge in [-0.25, -0.2) is 0 Å². The number of anilines is 1. The molecule has 1 heterocycles. The zero-order valence-corrected chi connectivity index (χ0v) is 15.0. The summed E-state index contributed by atoms with van der Waals surface area (Å²) in [4.78, 5) is 24.1. The van der Waals surface area contributed by atoms with Crippen molar-refractivity contribution in [2.75, 3.05) is 18.5 Å². The number of rotatable bonds is 4. The van der Waals surface area contributed by atoms with Crippen LogP contribution >= 0.6 is 0 Å². The van der Waals surface area contributed by atoms with Gasteiger partial charge in [0.2, 0.25) is 0 Å². The number of hydrogen-bond acceptors (Lipinski definition) is 5. The van der Waals surface area contributed by atoms with Gasteiger partial charge in [0.25, 0.3) is 0 Å². The molecule has 2 amide bonds. The number of carbonyl (C=O) groups excluding carboxylic acids is 2. The zero-order chi connectivity index (χ0) is 21.1. The number of nitrogens with one attached hydrogen (secondary N) is 2. The van der Waals surface area contributed by atoms with E-state index in [1.807, 2.05) is 0 Å². The van der Waals surface area contributed by atoms with E-state index in [2.05, 4.69) is 15.4 Å². The van der Waals surface area contributed by atoms with Gasteiger partial charge in [0, 0.05) is 17.7 Å². The molecule has 29 heavy (non-hydrogen) atoms. The molecule has 0 saturated carbocycles. The molecule has 154 valence electrons. The van der Waals surface area contributed by atoms with Gasteiger partial charge in [-0.2, -0.15) is 0 Å². The number of benzene rings is 2. The number of ether oxygens (including phenoxy) is 2. The monoisotopic (exact) mass is 410 g/mol. The summed E-state index contributed by atoms with van der Waals surface area (Å²) in [6.07, 6.45) is -4.60. The van der Waals surface area contributed by atoms with Gasteiger partial charge in [0.1, 0.15) is 17.1 Å². The van der Waals surface area contributed by atoms with Crippen LogP contribution in [0.25, 0.3) is 0 Å². The average molecular weight is 410 g/mol. The van der Waals surface area contributed by atoms with Gasteiger partial charge in [-0.3, -0.25) is 9.59 Å². The molecule has 0 fully saturated rings. The maximum Gasteiger partial charge on any atom is 0.573 e. The highest BCUT2D eigenvalue weighted by molar-refractivity contribution is 6.39. The number of aliphatic hydroxyl groups is 1. The third-order valence-corrected chi connectivity index (χ3v) is 4.26. The molecule has 0 spiro atoms. The van der Waals surface area contributed by atoms with Gasteiger partial charge in [-0.15, -0.1) is 13.2 Å². The number of amides is 2. The molecule has 10 heteroatoms. The molecular weight excluding hydrogens is 393 g/mol. The Kier molecular flexibility index (Phi) is 5.64. The first kappa shape index (κ1) is 20.5. The molecule has 1 aliphatic rings. The largest absolute Gasteiger partial charge is 0.573 e. The third kappa shape index (κ3) is 5.17. The summed E-state index contributed by atoms with van der Waals surface area (Å²) in [7, 11) is 0. The van der Waals surface area contributed by atoms with Crippen molar-refractivity contribution in [3.63, 3.8) is 0 Å². The van der Waals surface area contributed by atoms with Crippen LogP contribution < -0.4 is 20.1 Å². The van der Waals surface area contributed by atoms with Crippen LogP contribution in [-0.4, -0.2) is 36.4 Å². The van der Waals surface area contributed by atoms with E-state index in [4.69, 9.17) is 4.74 Å². The lowest BCUT2D eigenvalue weighted by Gasteiger charge is -2.34. The first-order valence-electron chi connectivity index (χ1n) is 8.56. The lowest BCUT2D eigenvalue weighted by Crippen LogP contribution is -2.46. The standard InChI is InChI=1S/C19H17F3N2O5/c20-19(21,22)29-13-7-5-12(6-8-13)24-17(26)16(25)23-11-18(27)9-10-28-15-4-2-1-3-14(15)18/h1-8,27H,9-11H2,(H,23,25)(H,24,26)/t18-/m0/s1. The van der Waals surface area contributed by atoms with Crippen LogP contribution in [0.15, 0.2) is 48.5 Å². The normalized spacial score (nSPS) is 18.2. The van der Waals surface area contributed by atoms with Gasteiger partial charge in [0.05, 0.1) is 13.2 Å². The second kappa shape index (κ2) is 8.00. The third-order valence-electron chi connectivity index (χ3n) is 4.26. The fourth-order valence-corrected chi connectivity index (χ4v) is 2.86. The number of fused-ring (bicyclic) bond motifs is 1. The molecule has 7 nitrogen and oxygen atoms in total. The van der Waals surface area contributed by atoms with Crippen LogP contribution in [-0.2, 0) is 15.2 Å². The van der Waals surface area contributed by atoms with Crippen molar-refractivity contribution < 1.29 is 37.3 Å². The second-order valence-corrected chi connectivity index (χ2v) is 6.34. The van der Waals surface area contributed by atoms with Crippen molar-refractivity contribution in [1.82, 2.24) is 5.32 Å². The first-order chi connectivity index (χ1) is 13.7. The van der Waals surface area contributed by atoms with Crippen molar-refractivity contribution in [3.05, 3.63) is 54.1 Å². The van der Waals surface area contributed by atoms with Crippen LogP contribution in [0.2, 0.25) is 0 Å². The second-order valence-electron chi connectivity index (χ2n) is 6.34. The Balaban J connectivity index is 1.57. The smallest absolute Gasteiger partial charge is 0.493 e. The molecule has 0 saturated heterocycles. The van der Waals surface area contributed by atoms with Gasteiger partial charge < -0.3 is 25.2 Å². The summed E-state index contributed by atoms with van der Waals surface area (Å²) in [6, 6.07) is 11.2. The topological polar surface area (TPSA) is 96.9 Å². The quantitative estimate of drug-likeness (QED) is 0.673. The number of alkyl halides is 3. The summed E-state index contributed by atoms with van der Waals surface area (Å²) < 4.78 is 45.6. The molecule has 1 atom stereocenters. The average Bonchev–Trinajstić information content (AvgIpc) is 2.67. The fraction of sp³-hybridized carbons (Fsp3) is 0.263. The lowest BCUT2D eigenvalue weighted by atomic mass is 9.88. The zero-order valence-electron chi connectivity index (χ0n) is 15.0. The summed E-state index contributed by atoms with van der Waals surface area (Å²) in [5, 5.41) is 15.5. The van der Waals surface area contributed by atoms with E-state index in [9.17, 15) is 27.9 Å².